The lowest BCUT2D eigenvalue weighted by molar-refractivity contribution is -0.126. The highest BCUT2D eigenvalue weighted by Crippen LogP contribution is 2.64. The number of hydrogen-bond acceptors (Lipinski definition) is 1. The maximum atomic E-state index is 12.7. The van der Waals surface area contributed by atoms with Crippen LogP contribution in [0.5, 0.6) is 0 Å². The van der Waals surface area contributed by atoms with Crippen LogP contribution in [-0.2, 0) is 4.79 Å². The molecule has 1 aliphatic carbocycles. The van der Waals surface area contributed by atoms with Gasteiger partial charge >= 0.3 is 0 Å². The molecule has 0 aliphatic heterocycles. The first-order valence-electron chi connectivity index (χ1n) is 7.64. The van der Waals surface area contributed by atoms with Gasteiger partial charge in [-0.05, 0) is 31.4 Å². The summed E-state index contributed by atoms with van der Waals surface area (Å²) >= 11 is 12.3. The van der Waals surface area contributed by atoms with E-state index in [1.54, 1.807) is 6.92 Å². The molecule has 0 aromatic heterocycles. The highest BCUT2D eigenvalue weighted by Gasteiger charge is 2.68. The minimum Gasteiger partial charge on any atom is -0.345 e. The summed E-state index contributed by atoms with van der Waals surface area (Å²) in [4.78, 5) is 12.7. The first-order chi connectivity index (χ1) is 10.8. The molecule has 120 valence electrons. The number of amides is 1. The summed E-state index contributed by atoms with van der Waals surface area (Å²) in [7, 11) is 0. The number of carbonyl (C=O) groups is 1. The highest BCUT2D eigenvalue weighted by atomic mass is 35.5. The van der Waals surface area contributed by atoms with Gasteiger partial charge in [0.1, 0.15) is 4.33 Å². The molecular formula is C19H19Cl2NO. The molecule has 0 spiro atoms. The molecule has 1 amide bonds. The van der Waals surface area contributed by atoms with Crippen molar-refractivity contribution in [2.75, 3.05) is 0 Å². The van der Waals surface area contributed by atoms with Crippen LogP contribution in [0, 0.1) is 12.3 Å². The Morgan fingerprint density at radius 3 is 2.09 bits per heavy atom. The standard InChI is InChI=1S/C19H19Cl2NO/c1-13-8-10-15(11-9-13)16(14-6-4-3-5-7-14)22-17(23)18(2)12-19(18,20)21/h3-11,16H,12H2,1-2H3,(H,22,23)/t16-,18-/m1/s1. The van der Waals surface area contributed by atoms with E-state index in [-0.39, 0.29) is 11.9 Å². The summed E-state index contributed by atoms with van der Waals surface area (Å²) in [6, 6.07) is 17.9. The Hall–Kier alpha value is -1.51. The molecular weight excluding hydrogens is 329 g/mol. The number of nitrogens with one attached hydrogen (secondary N) is 1. The minimum atomic E-state index is -0.967. The van der Waals surface area contributed by atoms with Crippen LogP contribution >= 0.6 is 23.2 Å². The van der Waals surface area contributed by atoms with E-state index in [1.165, 1.54) is 5.56 Å². The van der Waals surface area contributed by atoms with Gasteiger partial charge in [-0.3, -0.25) is 4.79 Å². The molecule has 1 fully saturated rings. The average Bonchev–Trinajstić information content (AvgIpc) is 3.06. The SMILES string of the molecule is Cc1ccc([C@H](NC(=O)[C@@]2(C)CC2(Cl)Cl)c2ccccc2)cc1. The van der Waals surface area contributed by atoms with E-state index < -0.39 is 9.75 Å². The number of aryl methyl sites for hydroxylation is 1. The summed E-state index contributed by atoms with van der Waals surface area (Å²) in [6.07, 6.45) is 0.477. The molecule has 1 saturated carbocycles. The Morgan fingerprint density at radius 1 is 1.04 bits per heavy atom. The average molecular weight is 348 g/mol. The Labute approximate surface area is 146 Å². The molecule has 0 bridgehead atoms. The maximum Gasteiger partial charge on any atom is 0.229 e. The van der Waals surface area contributed by atoms with Crippen molar-refractivity contribution >= 4 is 29.1 Å². The van der Waals surface area contributed by atoms with Gasteiger partial charge in [-0.15, -0.1) is 23.2 Å². The van der Waals surface area contributed by atoms with Gasteiger partial charge in [-0.1, -0.05) is 60.2 Å². The second-order valence-electron chi connectivity index (χ2n) is 6.44. The molecule has 2 aromatic rings. The van der Waals surface area contributed by atoms with Gasteiger partial charge in [-0.25, -0.2) is 0 Å². The largest absolute Gasteiger partial charge is 0.345 e. The molecule has 4 heteroatoms. The van der Waals surface area contributed by atoms with Crippen LogP contribution in [0.2, 0.25) is 0 Å². The summed E-state index contributed by atoms with van der Waals surface area (Å²) in [6.45, 7) is 3.85. The predicted molar refractivity (Wildman–Crippen MR) is 94.8 cm³/mol. The van der Waals surface area contributed by atoms with E-state index in [1.807, 2.05) is 61.5 Å². The Kier molecular flexibility index (Phi) is 4.16. The second kappa shape index (κ2) is 5.85. The number of benzene rings is 2. The number of halogens is 2. The van der Waals surface area contributed by atoms with Crippen LogP contribution in [0.4, 0.5) is 0 Å². The molecule has 1 N–H and O–H groups in total. The number of alkyl halides is 2. The van der Waals surface area contributed by atoms with Gasteiger partial charge in [0.25, 0.3) is 0 Å². The van der Waals surface area contributed by atoms with Gasteiger partial charge in [0, 0.05) is 0 Å². The van der Waals surface area contributed by atoms with Gasteiger partial charge in [0.2, 0.25) is 5.91 Å². The van der Waals surface area contributed by atoms with E-state index >= 15 is 0 Å². The van der Waals surface area contributed by atoms with Crippen molar-refractivity contribution in [2.45, 2.75) is 30.6 Å². The van der Waals surface area contributed by atoms with E-state index in [2.05, 4.69) is 5.32 Å². The van der Waals surface area contributed by atoms with E-state index in [9.17, 15) is 4.79 Å². The zero-order valence-corrected chi connectivity index (χ0v) is 14.7. The molecule has 0 radical (unpaired) electrons. The van der Waals surface area contributed by atoms with Crippen LogP contribution in [0.15, 0.2) is 54.6 Å². The smallest absolute Gasteiger partial charge is 0.229 e. The highest BCUT2D eigenvalue weighted by molar-refractivity contribution is 6.53. The predicted octanol–water partition coefficient (Wildman–Crippen LogP) is 4.78. The molecule has 1 aliphatic rings. The monoisotopic (exact) mass is 347 g/mol. The zero-order chi connectivity index (χ0) is 16.7. The fourth-order valence-electron chi connectivity index (χ4n) is 2.70. The molecule has 0 unspecified atom stereocenters. The second-order valence-corrected chi connectivity index (χ2v) is 7.93. The van der Waals surface area contributed by atoms with Crippen molar-refractivity contribution in [3.63, 3.8) is 0 Å². The summed E-state index contributed by atoms with van der Waals surface area (Å²) < 4.78 is -0.967. The Balaban J connectivity index is 1.90. The van der Waals surface area contributed by atoms with Gasteiger partial charge in [-0.2, -0.15) is 0 Å². The van der Waals surface area contributed by atoms with Crippen LogP contribution in [-0.4, -0.2) is 10.2 Å². The summed E-state index contributed by atoms with van der Waals surface area (Å²) in [5.41, 5.74) is 2.52. The topological polar surface area (TPSA) is 29.1 Å². The fourth-order valence-corrected chi connectivity index (χ4v) is 3.41. The summed E-state index contributed by atoms with van der Waals surface area (Å²) in [5, 5.41) is 3.12. The maximum absolute atomic E-state index is 12.7. The lowest BCUT2D eigenvalue weighted by Crippen LogP contribution is -2.36. The van der Waals surface area contributed by atoms with Crippen molar-refractivity contribution in [3.05, 3.63) is 71.3 Å². The first-order valence-corrected chi connectivity index (χ1v) is 8.39. The fraction of sp³-hybridized carbons (Fsp3) is 0.316. The van der Waals surface area contributed by atoms with E-state index in [0.717, 1.165) is 11.1 Å². The first kappa shape index (κ1) is 16.4. The third kappa shape index (κ3) is 3.11. The Morgan fingerprint density at radius 2 is 1.57 bits per heavy atom. The molecule has 2 atom stereocenters. The third-order valence-electron chi connectivity index (χ3n) is 4.58. The normalized spacial score (nSPS) is 23.1. The number of rotatable bonds is 4. The van der Waals surface area contributed by atoms with Crippen LogP contribution < -0.4 is 5.32 Å². The lowest BCUT2D eigenvalue weighted by atomic mass is 9.96. The van der Waals surface area contributed by atoms with Crippen molar-refractivity contribution in [3.8, 4) is 0 Å². The van der Waals surface area contributed by atoms with E-state index in [0.29, 0.717) is 6.42 Å². The molecule has 0 heterocycles. The van der Waals surface area contributed by atoms with Gasteiger partial charge < -0.3 is 5.32 Å². The van der Waals surface area contributed by atoms with Crippen molar-refractivity contribution in [1.29, 1.82) is 0 Å². The third-order valence-corrected chi connectivity index (χ3v) is 5.68. The van der Waals surface area contributed by atoms with E-state index in [4.69, 9.17) is 23.2 Å². The van der Waals surface area contributed by atoms with Crippen molar-refractivity contribution in [1.82, 2.24) is 5.32 Å². The van der Waals surface area contributed by atoms with Crippen molar-refractivity contribution in [2.24, 2.45) is 5.41 Å². The molecule has 2 aromatic carbocycles. The molecule has 0 saturated heterocycles. The Bertz CT molecular complexity index is 712. The molecule has 2 nitrogen and oxygen atoms in total. The number of carbonyl (C=O) groups excluding carboxylic acids is 1. The minimum absolute atomic E-state index is 0.114. The van der Waals surface area contributed by atoms with Crippen molar-refractivity contribution < 1.29 is 4.79 Å². The van der Waals surface area contributed by atoms with Gasteiger partial charge in [0.15, 0.2) is 0 Å². The molecule has 23 heavy (non-hydrogen) atoms. The van der Waals surface area contributed by atoms with Crippen LogP contribution in [0.1, 0.15) is 36.1 Å². The molecule has 3 rings (SSSR count). The van der Waals surface area contributed by atoms with Gasteiger partial charge in [0.05, 0.1) is 11.5 Å². The lowest BCUT2D eigenvalue weighted by Gasteiger charge is -2.23. The van der Waals surface area contributed by atoms with Crippen LogP contribution in [0.3, 0.4) is 0 Å². The summed E-state index contributed by atoms with van der Waals surface area (Å²) in [5.74, 6) is -0.114. The number of hydrogen-bond donors (Lipinski definition) is 1. The quantitative estimate of drug-likeness (QED) is 0.792. The zero-order valence-electron chi connectivity index (χ0n) is 13.1. The van der Waals surface area contributed by atoms with Crippen LogP contribution in [0.25, 0.3) is 0 Å².